The number of nitrogens with zero attached hydrogens (tertiary/aromatic N) is 2. The second kappa shape index (κ2) is 11.0. The van der Waals surface area contributed by atoms with Gasteiger partial charge in [0.1, 0.15) is 22.7 Å². The molecule has 0 radical (unpaired) electrons. The van der Waals surface area contributed by atoms with Crippen LogP contribution in [0, 0.1) is 0 Å². The van der Waals surface area contributed by atoms with Crippen LogP contribution < -0.4 is 4.74 Å². The molecule has 0 bridgehead atoms. The molecule has 0 atom stereocenters. The lowest BCUT2D eigenvalue weighted by Crippen LogP contribution is -2.24. The fourth-order valence-electron chi connectivity index (χ4n) is 2.88. The van der Waals surface area contributed by atoms with Crippen molar-refractivity contribution in [1.29, 1.82) is 0 Å². The van der Waals surface area contributed by atoms with Crippen molar-refractivity contribution in [3.8, 4) is 11.5 Å². The zero-order valence-electron chi connectivity index (χ0n) is 18.3. The average molecular weight is 457 g/mol. The lowest BCUT2D eigenvalue weighted by molar-refractivity contribution is -0.154. The maximum absolute atomic E-state index is 12.0. The molecule has 1 aromatic carbocycles. The molecule has 0 aliphatic heterocycles. The molecule has 166 valence electrons. The van der Waals surface area contributed by atoms with E-state index in [4.69, 9.17) is 37.4 Å². The highest BCUT2D eigenvalue weighted by atomic mass is 35.5. The summed E-state index contributed by atoms with van der Waals surface area (Å²) >= 11 is 12.2. The zero-order chi connectivity index (χ0) is 22.3. The molecule has 6 nitrogen and oxygen atoms in total. The monoisotopic (exact) mass is 456 g/mol. The zero-order valence-corrected chi connectivity index (χ0v) is 19.8. The van der Waals surface area contributed by atoms with Crippen molar-refractivity contribution < 1.29 is 19.0 Å². The van der Waals surface area contributed by atoms with Gasteiger partial charge in [-0.2, -0.15) is 5.10 Å². The Labute approximate surface area is 188 Å². The Balaban J connectivity index is 2.22. The standard InChI is InChI=1S/C22H30Cl2N2O4/c1-6-18-21(29-17-12-15(23)11-16(24)13-17)19(14-28-7-2)26(25-18)10-8-9-20(27)30-22(3,4)5/h11-13H,6-10,14H2,1-5H3. The quantitative estimate of drug-likeness (QED) is 0.398. The molecule has 0 amide bonds. The van der Waals surface area contributed by atoms with Gasteiger partial charge in [0, 0.05) is 29.6 Å². The van der Waals surface area contributed by atoms with E-state index in [-0.39, 0.29) is 5.97 Å². The lowest BCUT2D eigenvalue weighted by atomic mass is 10.2. The molecule has 0 fully saturated rings. The van der Waals surface area contributed by atoms with E-state index in [2.05, 4.69) is 5.10 Å². The first-order valence-corrected chi connectivity index (χ1v) is 10.9. The van der Waals surface area contributed by atoms with Crippen LogP contribution in [0.25, 0.3) is 0 Å². The van der Waals surface area contributed by atoms with Crippen molar-refractivity contribution in [2.24, 2.45) is 0 Å². The highest BCUT2D eigenvalue weighted by Gasteiger charge is 2.21. The Bertz CT molecular complexity index is 839. The van der Waals surface area contributed by atoms with Gasteiger partial charge >= 0.3 is 5.97 Å². The van der Waals surface area contributed by atoms with Crippen LogP contribution in [0.4, 0.5) is 0 Å². The fourth-order valence-corrected chi connectivity index (χ4v) is 3.39. The predicted octanol–water partition coefficient (Wildman–Crippen LogP) is 6.20. The summed E-state index contributed by atoms with van der Waals surface area (Å²) in [5.41, 5.74) is 1.13. The van der Waals surface area contributed by atoms with Crippen LogP contribution in [0.15, 0.2) is 18.2 Å². The van der Waals surface area contributed by atoms with Gasteiger partial charge in [-0.3, -0.25) is 9.48 Å². The number of benzene rings is 1. The van der Waals surface area contributed by atoms with E-state index in [1.54, 1.807) is 18.2 Å². The first-order valence-electron chi connectivity index (χ1n) is 10.1. The van der Waals surface area contributed by atoms with Gasteiger partial charge in [0.05, 0.1) is 6.61 Å². The number of halogens is 2. The minimum atomic E-state index is -0.489. The van der Waals surface area contributed by atoms with Gasteiger partial charge in [0.25, 0.3) is 0 Å². The largest absolute Gasteiger partial charge is 0.460 e. The molecular weight excluding hydrogens is 427 g/mol. The highest BCUT2D eigenvalue weighted by molar-refractivity contribution is 6.34. The van der Waals surface area contributed by atoms with E-state index in [1.807, 2.05) is 39.3 Å². The fraction of sp³-hybridized carbons (Fsp3) is 0.545. The molecule has 2 rings (SSSR count). The summed E-state index contributed by atoms with van der Waals surface area (Å²) in [7, 11) is 0. The second-order valence-electron chi connectivity index (χ2n) is 7.83. The SMILES string of the molecule is CCOCc1c(Oc2cc(Cl)cc(Cl)c2)c(CC)nn1CCCC(=O)OC(C)(C)C. The summed E-state index contributed by atoms with van der Waals surface area (Å²) in [6, 6.07) is 5.06. The van der Waals surface area contributed by atoms with Crippen LogP contribution in [0.3, 0.4) is 0 Å². The van der Waals surface area contributed by atoms with Gasteiger partial charge in [-0.05, 0) is 58.7 Å². The van der Waals surface area contributed by atoms with Gasteiger partial charge in [-0.15, -0.1) is 0 Å². The van der Waals surface area contributed by atoms with Crippen molar-refractivity contribution in [3.63, 3.8) is 0 Å². The summed E-state index contributed by atoms with van der Waals surface area (Å²) in [5.74, 6) is 0.955. The van der Waals surface area contributed by atoms with Crippen molar-refractivity contribution in [1.82, 2.24) is 9.78 Å². The molecule has 8 heteroatoms. The molecule has 0 unspecified atom stereocenters. The first kappa shape index (κ1) is 24.5. The molecule has 0 saturated carbocycles. The minimum absolute atomic E-state index is 0.221. The molecular formula is C22H30Cl2N2O4. The molecule has 1 heterocycles. The first-order chi connectivity index (χ1) is 14.1. The lowest BCUT2D eigenvalue weighted by Gasteiger charge is -2.19. The number of hydrogen-bond donors (Lipinski definition) is 0. The van der Waals surface area contributed by atoms with Crippen molar-refractivity contribution in [3.05, 3.63) is 39.6 Å². The van der Waals surface area contributed by atoms with Gasteiger partial charge in [0.15, 0.2) is 5.75 Å². The Morgan fingerprint density at radius 1 is 1.13 bits per heavy atom. The Morgan fingerprint density at radius 3 is 2.37 bits per heavy atom. The maximum atomic E-state index is 12.0. The van der Waals surface area contributed by atoms with Gasteiger partial charge in [-0.25, -0.2) is 0 Å². The normalized spacial score (nSPS) is 11.6. The minimum Gasteiger partial charge on any atom is -0.460 e. The summed E-state index contributed by atoms with van der Waals surface area (Å²) in [4.78, 5) is 12.0. The Morgan fingerprint density at radius 2 is 1.80 bits per heavy atom. The number of esters is 1. The Hall–Kier alpha value is -1.76. The molecule has 0 saturated heterocycles. The van der Waals surface area contributed by atoms with Crippen LogP contribution >= 0.6 is 23.2 Å². The van der Waals surface area contributed by atoms with Crippen LogP contribution in [0.1, 0.15) is 58.8 Å². The number of aromatic nitrogens is 2. The number of ether oxygens (including phenoxy) is 3. The van der Waals surface area contributed by atoms with Gasteiger partial charge < -0.3 is 14.2 Å². The third kappa shape index (κ3) is 7.49. The molecule has 0 N–H and O–H groups in total. The van der Waals surface area contributed by atoms with E-state index in [1.165, 1.54) is 0 Å². The van der Waals surface area contributed by atoms with Crippen LogP contribution in [-0.4, -0.2) is 28.0 Å². The van der Waals surface area contributed by atoms with E-state index in [0.29, 0.717) is 60.6 Å². The second-order valence-corrected chi connectivity index (χ2v) is 8.71. The number of carbonyl (C=O) groups is 1. The van der Waals surface area contributed by atoms with Crippen LogP contribution in [0.5, 0.6) is 11.5 Å². The average Bonchev–Trinajstić information content (AvgIpc) is 2.94. The Kier molecular flexibility index (Phi) is 9.01. The molecule has 2 aromatic rings. The number of carbonyl (C=O) groups excluding carboxylic acids is 1. The summed E-state index contributed by atoms with van der Waals surface area (Å²) < 4.78 is 19.0. The molecule has 0 aliphatic rings. The molecule has 1 aromatic heterocycles. The summed E-state index contributed by atoms with van der Waals surface area (Å²) in [5, 5.41) is 5.67. The van der Waals surface area contributed by atoms with Crippen LogP contribution in [0.2, 0.25) is 10.0 Å². The van der Waals surface area contributed by atoms with E-state index >= 15 is 0 Å². The van der Waals surface area contributed by atoms with Gasteiger partial charge in [0.2, 0.25) is 0 Å². The maximum Gasteiger partial charge on any atom is 0.306 e. The van der Waals surface area contributed by atoms with E-state index in [0.717, 1.165) is 11.4 Å². The smallest absolute Gasteiger partial charge is 0.306 e. The van der Waals surface area contributed by atoms with E-state index in [9.17, 15) is 4.79 Å². The van der Waals surface area contributed by atoms with Crippen LogP contribution in [-0.2, 0) is 33.8 Å². The van der Waals surface area contributed by atoms with Gasteiger partial charge in [-0.1, -0.05) is 30.1 Å². The topological polar surface area (TPSA) is 62.6 Å². The number of aryl methyl sites for hydroxylation is 2. The third-order valence-electron chi connectivity index (χ3n) is 4.08. The predicted molar refractivity (Wildman–Crippen MR) is 119 cm³/mol. The molecule has 0 aliphatic carbocycles. The summed E-state index contributed by atoms with van der Waals surface area (Å²) in [6.45, 7) is 11.0. The van der Waals surface area contributed by atoms with E-state index < -0.39 is 5.60 Å². The molecule has 30 heavy (non-hydrogen) atoms. The number of rotatable bonds is 10. The highest BCUT2D eigenvalue weighted by Crippen LogP contribution is 2.33. The number of hydrogen-bond acceptors (Lipinski definition) is 5. The molecule has 0 spiro atoms. The van der Waals surface area contributed by atoms with Crippen molar-refractivity contribution >= 4 is 29.2 Å². The van der Waals surface area contributed by atoms with Crippen molar-refractivity contribution in [2.45, 2.75) is 72.6 Å². The summed E-state index contributed by atoms with van der Waals surface area (Å²) in [6.07, 6.45) is 1.59. The van der Waals surface area contributed by atoms with Crippen molar-refractivity contribution in [2.75, 3.05) is 6.61 Å². The third-order valence-corrected chi connectivity index (χ3v) is 4.52.